The Kier molecular flexibility index (Phi) is 9.50. The zero-order chi connectivity index (χ0) is 31.2. The SMILES string of the molecule is CCCCOc1ccc(C2C(C(=O)OCc3ccccc3)=C(C)N=c3s/c(=C\c4ccc(O)c(OC)c4)c(=O)n32)cc1OC. The molecule has 5 rings (SSSR count). The van der Waals surface area contributed by atoms with Crippen LogP contribution in [0.15, 0.2) is 87.8 Å². The van der Waals surface area contributed by atoms with E-state index in [1.165, 1.54) is 29.1 Å². The van der Waals surface area contributed by atoms with Crippen molar-refractivity contribution in [2.24, 2.45) is 4.99 Å². The standard InChI is InChI=1S/C34H34N2O7S/c1-5-6-16-42-26-15-13-24(19-28(26)41-4)31-30(33(39)43-20-22-10-8-7-9-11-22)21(2)35-34-36(31)32(38)29(44-34)18-23-12-14-25(37)27(17-23)40-3/h7-15,17-19,31,37H,5-6,16,20H2,1-4H3/b29-18-. The molecule has 1 N–H and O–H groups in total. The topological polar surface area (TPSA) is 109 Å². The van der Waals surface area contributed by atoms with Gasteiger partial charge >= 0.3 is 5.97 Å². The maximum absolute atomic E-state index is 14.0. The largest absolute Gasteiger partial charge is 0.504 e. The number of fused-ring (bicyclic) bond motifs is 1. The van der Waals surface area contributed by atoms with E-state index in [-0.39, 0.29) is 29.2 Å². The molecule has 4 aromatic rings. The van der Waals surface area contributed by atoms with Gasteiger partial charge in [-0.3, -0.25) is 9.36 Å². The number of carbonyl (C=O) groups is 1. The highest BCUT2D eigenvalue weighted by Gasteiger charge is 2.34. The number of rotatable bonds is 11. The molecule has 1 unspecified atom stereocenters. The number of aromatic hydroxyl groups is 1. The summed E-state index contributed by atoms with van der Waals surface area (Å²) in [6.07, 6.45) is 3.60. The molecule has 0 fully saturated rings. The molecular formula is C34H34N2O7S. The van der Waals surface area contributed by atoms with Gasteiger partial charge in [0.25, 0.3) is 5.56 Å². The van der Waals surface area contributed by atoms with Gasteiger partial charge in [0.05, 0.1) is 42.7 Å². The summed E-state index contributed by atoms with van der Waals surface area (Å²) in [4.78, 5) is 32.9. The Bertz CT molecular complexity index is 1880. The second-order valence-corrected chi connectivity index (χ2v) is 11.2. The lowest BCUT2D eigenvalue weighted by Crippen LogP contribution is -2.39. The minimum Gasteiger partial charge on any atom is -0.504 e. The first kappa shape index (κ1) is 30.6. The lowest BCUT2D eigenvalue weighted by atomic mass is 9.95. The Hall–Kier alpha value is -4.83. The fourth-order valence-electron chi connectivity index (χ4n) is 4.93. The van der Waals surface area contributed by atoms with Crippen LogP contribution in [-0.4, -0.2) is 36.5 Å². The summed E-state index contributed by atoms with van der Waals surface area (Å²) in [7, 11) is 3.02. The number of nitrogens with zero attached hydrogens (tertiary/aromatic N) is 2. The maximum Gasteiger partial charge on any atom is 0.338 e. The number of phenolic OH excluding ortho intramolecular Hbond substituents is 1. The van der Waals surface area contributed by atoms with Gasteiger partial charge in [0.15, 0.2) is 27.8 Å². The van der Waals surface area contributed by atoms with Gasteiger partial charge in [0.1, 0.15) is 6.61 Å². The second kappa shape index (κ2) is 13.6. The molecular weight excluding hydrogens is 580 g/mol. The van der Waals surface area contributed by atoms with Gasteiger partial charge < -0.3 is 24.1 Å². The van der Waals surface area contributed by atoms with Gasteiger partial charge in [-0.05, 0) is 60.4 Å². The highest BCUT2D eigenvalue weighted by molar-refractivity contribution is 7.07. The van der Waals surface area contributed by atoms with Gasteiger partial charge in [0.2, 0.25) is 0 Å². The molecule has 0 spiro atoms. The fourth-order valence-corrected chi connectivity index (χ4v) is 5.98. The number of aromatic nitrogens is 1. The van der Waals surface area contributed by atoms with Crippen LogP contribution in [0.1, 0.15) is 49.4 Å². The third-order valence-corrected chi connectivity index (χ3v) is 8.20. The Morgan fingerprint density at radius 2 is 1.80 bits per heavy atom. The summed E-state index contributed by atoms with van der Waals surface area (Å²) >= 11 is 1.21. The molecule has 1 aliphatic heterocycles. The molecule has 3 aromatic carbocycles. The minimum absolute atomic E-state index is 0.00328. The van der Waals surface area contributed by atoms with E-state index < -0.39 is 12.0 Å². The number of methoxy groups -OCH3 is 2. The van der Waals surface area contributed by atoms with Crippen LogP contribution < -0.4 is 29.1 Å². The summed E-state index contributed by atoms with van der Waals surface area (Å²) in [6, 6.07) is 18.8. The van der Waals surface area contributed by atoms with Crippen LogP contribution in [0.2, 0.25) is 0 Å². The van der Waals surface area contributed by atoms with Crippen molar-refractivity contribution in [1.29, 1.82) is 0 Å². The highest BCUT2D eigenvalue weighted by atomic mass is 32.1. The molecule has 10 heteroatoms. The number of phenols is 1. The number of ether oxygens (including phenoxy) is 4. The second-order valence-electron chi connectivity index (χ2n) is 10.2. The summed E-state index contributed by atoms with van der Waals surface area (Å²) in [5, 5.41) is 10.0. The average Bonchev–Trinajstić information content (AvgIpc) is 3.34. The molecule has 0 bridgehead atoms. The van der Waals surface area contributed by atoms with E-state index in [2.05, 4.69) is 11.9 Å². The molecule has 9 nitrogen and oxygen atoms in total. The van der Waals surface area contributed by atoms with Crippen LogP contribution in [0.5, 0.6) is 23.0 Å². The van der Waals surface area contributed by atoms with Crippen LogP contribution in [0.4, 0.5) is 0 Å². The summed E-state index contributed by atoms with van der Waals surface area (Å²) in [6.45, 7) is 4.45. The van der Waals surface area contributed by atoms with Crippen molar-refractivity contribution in [3.63, 3.8) is 0 Å². The molecule has 0 saturated heterocycles. The van der Waals surface area contributed by atoms with Crippen molar-refractivity contribution in [3.8, 4) is 23.0 Å². The van der Waals surface area contributed by atoms with Crippen molar-refractivity contribution < 1.29 is 28.8 Å². The van der Waals surface area contributed by atoms with Crippen molar-refractivity contribution >= 4 is 23.4 Å². The first-order valence-electron chi connectivity index (χ1n) is 14.3. The number of thiazole rings is 1. The van der Waals surface area contributed by atoms with Crippen molar-refractivity contribution in [2.75, 3.05) is 20.8 Å². The van der Waals surface area contributed by atoms with Crippen LogP contribution in [-0.2, 0) is 16.1 Å². The highest BCUT2D eigenvalue weighted by Crippen LogP contribution is 2.36. The number of unbranched alkanes of at least 4 members (excludes halogenated alkanes) is 1. The zero-order valence-corrected chi connectivity index (χ0v) is 25.8. The third kappa shape index (κ3) is 6.40. The molecule has 1 atom stereocenters. The number of allylic oxidation sites excluding steroid dienone is 1. The molecule has 0 amide bonds. The predicted octanol–water partition coefficient (Wildman–Crippen LogP) is 4.88. The van der Waals surface area contributed by atoms with Gasteiger partial charge in [-0.2, -0.15) is 0 Å². The fraction of sp³-hybridized carbons (Fsp3) is 0.265. The van der Waals surface area contributed by atoms with Gasteiger partial charge in [-0.15, -0.1) is 0 Å². The van der Waals surface area contributed by atoms with E-state index in [1.54, 1.807) is 44.4 Å². The number of esters is 1. The zero-order valence-electron chi connectivity index (χ0n) is 25.0. The normalized spacial score (nSPS) is 14.5. The molecule has 0 radical (unpaired) electrons. The Balaban J connectivity index is 1.62. The van der Waals surface area contributed by atoms with Crippen molar-refractivity contribution in [3.05, 3.63) is 114 Å². The smallest absolute Gasteiger partial charge is 0.338 e. The van der Waals surface area contributed by atoms with E-state index >= 15 is 0 Å². The monoisotopic (exact) mass is 614 g/mol. The Morgan fingerprint density at radius 3 is 2.52 bits per heavy atom. The molecule has 0 aliphatic carbocycles. The number of hydrogen-bond donors (Lipinski definition) is 1. The first-order valence-corrected chi connectivity index (χ1v) is 15.1. The lowest BCUT2D eigenvalue weighted by molar-refractivity contribution is -0.140. The van der Waals surface area contributed by atoms with E-state index in [4.69, 9.17) is 18.9 Å². The molecule has 1 aliphatic rings. The lowest BCUT2D eigenvalue weighted by Gasteiger charge is -2.25. The van der Waals surface area contributed by atoms with Crippen LogP contribution >= 0.6 is 11.3 Å². The Labute approximate surface area is 258 Å². The summed E-state index contributed by atoms with van der Waals surface area (Å²) < 4.78 is 24.5. The van der Waals surface area contributed by atoms with Gasteiger partial charge in [-0.25, -0.2) is 9.79 Å². The van der Waals surface area contributed by atoms with E-state index in [0.717, 1.165) is 18.4 Å². The summed E-state index contributed by atoms with van der Waals surface area (Å²) in [5.74, 6) is 0.782. The van der Waals surface area contributed by atoms with Gasteiger partial charge in [0, 0.05) is 0 Å². The van der Waals surface area contributed by atoms with Gasteiger partial charge in [-0.1, -0.05) is 67.1 Å². The molecule has 44 heavy (non-hydrogen) atoms. The maximum atomic E-state index is 14.0. The first-order chi connectivity index (χ1) is 21.3. The Morgan fingerprint density at radius 1 is 1.02 bits per heavy atom. The molecule has 1 aromatic heterocycles. The predicted molar refractivity (Wildman–Crippen MR) is 168 cm³/mol. The van der Waals surface area contributed by atoms with E-state index in [9.17, 15) is 14.7 Å². The van der Waals surface area contributed by atoms with Crippen LogP contribution in [0.25, 0.3) is 6.08 Å². The van der Waals surface area contributed by atoms with Crippen molar-refractivity contribution in [1.82, 2.24) is 4.57 Å². The third-order valence-electron chi connectivity index (χ3n) is 7.21. The minimum atomic E-state index is -0.829. The van der Waals surface area contributed by atoms with Crippen molar-refractivity contribution in [2.45, 2.75) is 39.3 Å². The summed E-state index contributed by atoms with van der Waals surface area (Å²) in [5.41, 5.74) is 2.53. The van der Waals surface area contributed by atoms with Crippen LogP contribution in [0.3, 0.4) is 0 Å². The quantitative estimate of drug-likeness (QED) is 0.190. The number of benzene rings is 3. The number of hydrogen-bond acceptors (Lipinski definition) is 9. The molecule has 0 saturated carbocycles. The van der Waals surface area contributed by atoms with Crippen LogP contribution in [0, 0.1) is 0 Å². The molecule has 2 heterocycles. The van der Waals surface area contributed by atoms with E-state index in [0.29, 0.717) is 44.3 Å². The average molecular weight is 615 g/mol. The number of carbonyl (C=O) groups excluding carboxylic acids is 1. The van der Waals surface area contributed by atoms with E-state index in [1.807, 2.05) is 36.4 Å². The molecule has 228 valence electrons.